The lowest BCUT2D eigenvalue weighted by molar-refractivity contribution is -0.159. The van der Waals surface area contributed by atoms with E-state index in [1.165, 1.54) is 11.0 Å². The van der Waals surface area contributed by atoms with Gasteiger partial charge in [-0.15, -0.1) is 0 Å². The molecule has 0 aromatic carbocycles. The molecule has 29 heavy (non-hydrogen) atoms. The van der Waals surface area contributed by atoms with Crippen molar-refractivity contribution < 1.29 is 33.0 Å². The Labute approximate surface area is 166 Å². The Hall–Kier alpha value is -3.23. The fourth-order valence-electron chi connectivity index (χ4n) is 3.38. The number of allylic oxidation sites excluding steroid dienone is 6. The van der Waals surface area contributed by atoms with Crippen LogP contribution in [-0.2, 0) is 23.9 Å². The molecular formula is C20H21FN2O6. The third-order valence-corrected chi connectivity index (χ3v) is 4.81. The van der Waals surface area contributed by atoms with Gasteiger partial charge in [0, 0.05) is 18.5 Å². The van der Waals surface area contributed by atoms with Crippen LogP contribution in [0.1, 0.15) is 26.7 Å². The van der Waals surface area contributed by atoms with Crippen LogP contribution in [0.5, 0.6) is 0 Å². The van der Waals surface area contributed by atoms with Crippen molar-refractivity contribution in [2.45, 2.75) is 32.7 Å². The van der Waals surface area contributed by atoms with E-state index in [1.54, 1.807) is 26.0 Å². The number of imide groups is 1. The molecule has 3 aliphatic rings. The van der Waals surface area contributed by atoms with Gasteiger partial charge in [-0.2, -0.15) is 0 Å². The number of amides is 3. The van der Waals surface area contributed by atoms with Crippen LogP contribution in [0.4, 0.5) is 9.18 Å². The van der Waals surface area contributed by atoms with Crippen LogP contribution in [0, 0.1) is 0 Å². The van der Waals surface area contributed by atoms with E-state index in [0.29, 0.717) is 11.1 Å². The molecule has 2 heterocycles. The topological polar surface area (TPSA) is 93.2 Å². The number of ether oxygens (including phenoxy) is 2. The molecule has 2 aliphatic heterocycles. The summed E-state index contributed by atoms with van der Waals surface area (Å²) in [6.07, 6.45) is 5.06. The Kier molecular flexibility index (Phi) is 5.95. The SMILES string of the molecule is CCOC(=O)OCN1C(=O)CCC(N2CC3=C\C=C(C)/C=C(F)/C=C\3C2=O)C1=O. The van der Waals surface area contributed by atoms with Crippen molar-refractivity contribution in [2.24, 2.45) is 0 Å². The van der Waals surface area contributed by atoms with Gasteiger partial charge in [0.1, 0.15) is 11.9 Å². The highest BCUT2D eigenvalue weighted by atomic mass is 19.1. The Morgan fingerprint density at radius 1 is 1.21 bits per heavy atom. The van der Waals surface area contributed by atoms with E-state index in [9.17, 15) is 23.6 Å². The molecule has 0 N–H and O–H groups in total. The summed E-state index contributed by atoms with van der Waals surface area (Å²) in [5.41, 5.74) is 1.47. The summed E-state index contributed by atoms with van der Waals surface area (Å²) >= 11 is 0. The van der Waals surface area contributed by atoms with Crippen LogP contribution < -0.4 is 0 Å². The molecule has 154 valence electrons. The zero-order chi connectivity index (χ0) is 21.1. The number of fused-ring (bicyclic) bond motifs is 1. The van der Waals surface area contributed by atoms with Gasteiger partial charge < -0.3 is 14.4 Å². The number of hydrogen-bond acceptors (Lipinski definition) is 6. The first-order chi connectivity index (χ1) is 13.8. The van der Waals surface area contributed by atoms with Crippen LogP contribution >= 0.6 is 0 Å². The van der Waals surface area contributed by atoms with Crippen molar-refractivity contribution in [1.29, 1.82) is 0 Å². The molecular weight excluding hydrogens is 383 g/mol. The molecule has 8 nitrogen and oxygen atoms in total. The molecule has 0 aromatic heterocycles. The first-order valence-corrected chi connectivity index (χ1v) is 9.23. The van der Waals surface area contributed by atoms with Crippen LogP contribution in [0.25, 0.3) is 0 Å². The predicted octanol–water partition coefficient (Wildman–Crippen LogP) is 2.14. The minimum Gasteiger partial charge on any atom is -0.435 e. The molecule has 1 unspecified atom stereocenters. The van der Waals surface area contributed by atoms with Crippen molar-refractivity contribution in [3.05, 3.63) is 46.9 Å². The maximum absolute atomic E-state index is 14.1. The maximum atomic E-state index is 14.1. The number of halogens is 1. The number of carbonyl (C=O) groups is 4. The Balaban J connectivity index is 1.79. The molecule has 3 amide bonds. The second-order valence-corrected chi connectivity index (χ2v) is 6.79. The van der Waals surface area contributed by atoms with Gasteiger partial charge >= 0.3 is 6.16 Å². The van der Waals surface area contributed by atoms with Crippen LogP contribution in [0.3, 0.4) is 0 Å². The Morgan fingerprint density at radius 2 is 1.97 bits per heavy atom. The zero-order valence-electron chi connectivity index (χ0n) is 16.1. The zero-order valence-corrected chi connectivity index (χ0v) is 16.1. The number of nitrogens with zero attached hydrogens (tertiary/aromatic N) is 2. The minimum absolute atomic E-state index is 0.0116. The van der Waals surface area contributed by atoms with Crippen LogP contribution in [-0.4, -0.2) is 59.6 Å². The second-order valence-electron chi connectivity index (χ2n) is 6.79. The molecule has 1 aliphatic carbocycles. The second kappa shape index (κ2) is 8.42. The minimum atomic E-state index is -0.995. The average Bonchev–Trinajstić information content (AvgIpc) is 2.94. The summed E-state index contributed by atoms with van der Waals surface area (Å²) in [4.78, 5) is 51.3. The first kappa shape index (κ1) is 20.5. The van der Waals surface area contributed by atoms with Crippen molar-refractivity contribution >= 4 is 23.9 Å². The fraction of sp³-hybridized carbons (Fsp3) is 0.400. The van der Waals surface area contributed by atoms with Crippen molar-refractivity contribution in [3.63, 3.8) is 0 Å². The van der Waals surface area contributed by atoms with E-state index in [4.69, 9.17) is 4.74 Å². The van der Waals surface area contributed by atoms with E-state index < -0.39 is 42.5 Å². The monoisotopic (exact) mass is 404 g/mol. The van der Waals surface area contributed by atoms with E-state index in [-0.39, 0.29) is 31.6 Å². The van der Waals surface area contributed by atoms with Gasteiger partial charge in [0.05, 0.1) is 6.61 Å². The van der Waals surface area contributed by atoms with Gasteiger partial charge in [-0.1, -0.05) is 12.2 Å². The van der Waals surface area contributed by atoms with E-state index in [0.717, 1.165) is 11.0 Å². The standard InChI is InChI=1S/C20H21FN2O6/c1-3-28-20(27)29-11-23-17(24)7-6-16(19(23)26)22-10-13-5-4-12(2)8-14(21)9-15(13)18(22)25/h4-5,8-9,16H,3,6-7,10-11H2,1-2H3/b5-4?,12-4-,12-8?,13-5+,14-8-,14-9?,15-9+. The molecule has 0 saturated carbocycles. The number of likely N-dealkylation sites (tertiary alicyclic amines) is 2. The summed E-state index contributed by atoms with van der Waals surface area (Å²) in [7, 11) is 0. The lowest BCUT2D eigenvalue weighted by atomic mass is 10.0. The third kappa shape index (κ3) is 4.28. The molecule has 1 atom stereocenters. The molecule has 2 saturated heterocycles. The fourth-order valence-corrected chi connectivity index (χ4v) is 3.38. The largest absolute Gasteiger partial charge is 0.510 e. The van der Waals surface area contributed by atoms with Gasteiger partial charge in [0.25, 0.3) is 11.8 Å². The molecule has 9 heteroatoms. The number of piperidine rings is 1. The Bertz CT molecular complexity index is 885. The highest BCUT2D eigenvalue weighted by Gasteiger charge is 2.44. The predicted molar refractivity (Wildman–Crippen MR) is 98.7 cm³/mol. The number of carbonyl (C=O) groups excluding carboxylic acids is 4. The van der Waals surface area contributed by atoms with Gasteiger partial charge in [0.15, 0.2) is 6.73 Å². The van der Waals surface area contributed by atoms with Crippen LogP contribution in [0.2, 0.25) is 0 Å². The summed E-state index contributed by atoms with van der Waals surface area (Å²) in [5, 5.41) is 0. The summed E-state index contributed by atoms with van der Waals surface area (Å²) in [5.74, 6) is -2.17. The molecule has 3 rings (SSSR count). The highest BCUT2D eigenvalue weighted by molar-refractivity contribution is 6.07. The molecule has 2 fully saturated rings. The smallest absolute Gasteiger partial charge is 0.435 e. The Morgan fingerprint density at radius 3 is 2.69 bits per heavy atom. The highest BCUT2D eigenvalue weighted by Crippen LogP contribution is 2.31. The van der Waals surface area contributed by atoms with Crippen molar-refractivity contribution in [2.75, 3.05) is 19.9 Å². The normalized spacial score (nSPS) is 29.3. The third-order valence-electron chi connectivity index (χ3n) is 4.81. The lowest BCUT2D eigenvalue weighted by Crippen LogP contribution is -2.55. The summed E-state index contributed by atoms with van der Waals surface area (Å²) in [6.45, 7) is 2.96. The number of rotatable bonds is 4. The van der Waals surface area contributed by atoms with Gasteiger partial charge in [-0.3, -0.25) is 14.4 Å². The average molecular weight is 404 g/mol. The van der Waals surface area contributed by atoms with Gasteiger partial charge in [-0.25, -0.2) is 14.1 Å². The molecule has 0 radical (unpaired) electrons. The first-order valence-electron chi connectivity index (χ1n) is 9.23. The van der Waals surface area contributed by atoms with Gasteiger partial charge in [0.2, 0.25) is 5.91 Å². The van der Waals surface area contributed by atoms with E-state index in [2.05, 4.69) is 4.74 Å². The van der Waals surface area contributed by atoms with E-state index in [1.807, 2.05) is 0 Å². The molecule has 0 spiro atoms. The molecule has 0 bridgehead atoms. The lowest BCUT2D eigenvalue weighted by Gasteiger charge is -2.34. The van der Waals surface area contributed by atoms with Crippen molar-refractivity contribution in [3.8, 4) is 0 Å². The maximum Gasteiger partial charge on any atom is 0.510 e. The molecule has 0 aromatic rings. The van der Waals surface area contributed by atoms with Crippen LogP contribution in [0.15, 0.2) is 46.9 Å². The van der Waals surface area contributed by atoms with E-state index >= 15 is 0 Å². The number of hydrogen-bond donors (Lipinski definition) is 0. The quantitative estimate of drug-likeness (QED) is 0.527. The summed E-state index contributed by atoms with van der Waals surface area (Å²) < 4.78 is 23.5. The van der Waals surface area contributed by atoms with Crippen molar-refractivity contribution in [1.82, 2.24) is 9.80 Å². The summed E-state index contributed by atoms with van der Waals surface area (Å²) in [6, 6.07) is -0.904. The van der Waals surface area contributed by atoms with Gasteiger partial charge in [-0.05, 0) is 43.6 Å².